The van der Waals surface area contributed by atoms with Crippen molar-refractivity contribution in [1.29, 1.82) is 0 Å². The van der Waals surface area contributed by atoms with E-state index in [4.69, 9.17) is 14.2 Å². The van der Waals surface area contributed by atoms with E-state index in [2.05, 4.69) is 0 Å². The predicted octanol–water partition coefficient (Wildman–Crippen LogP) is 3.60. The molecule has 2 aromatic carbocycles. The fourth-order valence-electron chi connectivity index (χ4n) is 1.97. The van der Waals surface area contributed by atoms with Gasteiger partial charge in [-0.15, -0.1) is 0 Å². The zero-order valence-corrected chi connectivity index (χ0v) is 12.9. The molecule has 0 saturated carbocycles. The second kappa shape index (κ2) is 7.98. The lowest BCUT2D eigenvalue weighted by molar-refractivity contribution is -0.138. The highest BCUT2D eigenvalue weighted by Gasteiger charge is 2.07. The number of rotatable bonds is 6. The Labute approximate surface area is 134 Å². The molecule has 0 heterocycles. The highest BCUT2D eigenvalue weighted by atomic mass is 19.1. The lowest BCUT2D eigenvalue weighted by Crippen LogP contribution is -2.02. The van der Waals surface area contributed by atoms with Crippen LogP contribution in [0.1, 0.15) is 11.1 Å². The molecule has 0 fully saturated rings. The Bertz CT molecular complexity index is 710. The number of ether oxygens (including phenoxy) is 3. The van der Waals surface area contributed by atoms with E-state index in [1.165, 1.54) is 31.4 Å². The van der Waals surface area contributed by atoms with Crippen LogP contribution in [0.15, 0.2) is 48.5 Å². The first-order valence-corrected chi connectivity index (χ1v) is 6.93. The van der Waals surface area contributed by atoms with Crippen molar-refractivity contribution in [2.24, 2.45) is 0 Å². The molecule has 23 heavy (non-hydrogen) atoms. The maximum Gasteiger partial charge on any atom is 0.331 e. The van der Waals surface area contributed by atoms with E-state index >= 15 is 0 Å². The minimum absolute atomic E-state index is 0.0672. The van der Waals surface area contributed by atoms with Gasteiger partial charge >= 0.3 is 5.97 Å². The molecule has 4 nitrogen and oxygen atoms in total. The summed E-state index contributed by atoms with van der Waals surface area (Å²) in [5.41, 5.74) is 1.28. The zero-order valence-electron chi connectivity index (χ0n) is 12.9. The van der Waals surface area contributed by atoms with Crippen molar-refractivity contribution >= 4 is 12.0 Å². The summed E-state index contributed by atoms with van der Waals surface area (Å²) in [5.74, 6) is 0.226. The maximum atomic E-state index is 13.2. The Hall–Kier alpha value is -2.82. The maximum absolute atomic E-state index is 13.2. The van der Waals surface area contributed by atoms with E-state index in [-0.39, 0.29) is 6.61 Å². The van der Waals surface area contributed by atoms with Crippen molar-refractivity contribution in [3.05, 3.63) is 65.5 Å². The van der Waals surface area contributed by atoms with Gasteiger partial charge in [0.25, 0.3) is 0 Å². The van der Waals surface area contributed by atoms with Crippen LogP contribution in [-0.4, -0.2) is 20.2 Å². The highest BCUT2D eigenvalue weighted by Crippen LogP contribution is 2.20. The summed E-state index contributed by atoms with van der Waals surface area (Å²) in [5, 5.41) is 0. The van der Waals surface area contributed by atoms with E-state index in [1.54, 1.807) is 19.3 Å². The molecule has 0 aliphatic heterocycles. The van der Waals surface area contributed by atoms with Crippen LogP contribution in [0.2, 0.25) is 0 Å². The Morgan fingerprint density at radius 3 is 2.70 bits per heavy atom. The molecule has 2 aromatic rings. The summed E-state index contributed by atoms with van der Waals surface area (Å²) < 4.78 is 28.5. The first-order valence-electron chi connectivity index (χ1n) is 6.93. The highest BCUT2D eigenvalue weighted by molar-refractivity contribution is 5.87. The van der Waals surface area contributed by atoms with E-state index in [0.717, 1.165) is 5.56 Å². The average molecular weight is 316 g/mol. The molecule has 0 aliphatic rings. The Morgan fingerprint density at radius 1 is 1.13 bits per heavy atom. The zero-order chi connectivity index (χ0) is 16.7. The molecule has 0 saturated heterocycles. The number of halogens is 1. The standard InChI is InChI=1S/C18H17FO4/c1-21-16-5-3-4-13(10-16)6-9-18(20)23-12-14-11-15(19)7-8-17(14)22-2/h3-11H,12H2,1-2H3/b9-6+. The number of hydrogen-bond donors (Lipinski definition) is 0. The predicted molar refractivity (Wildman–Crippen MR) is 84.8 cm³/mol. The van der Waals surface area contributed by atoms with Gasteiger partial charge in [-0.3, -0.25) is 0 Å². The second-order valence-corrected chi connectivity index (χ2v) is 4.67. The molecule has 0 aliphatic carbocycles. The van der Waals surface area contributed by atoms with Gasteiger partial charge < -0.3 is 14.2 Å². The van der Waals surface area contributed by atoms with Crippen molar-refractivity contribution in [2.45, 2.75) is 6.61 Å². The molecule has 2 rings (SSSR count). The van der Waals surface area contributed by atoms with E-state index in [1.807, 2.05) is 18.2 Å². The van der Waals surface area contributed by atoms with Crippen LogP contribution in [0.4, 0.5) is 4.39 Å². The van der Waals surface area contributed by atoms with Crippen LogP contribution in [0.3, 0.4) is 0 Å². The van der Waals surface area contributed by atoms with Crippen LogP contribution in [0, 0.1) is 5.82 Å². The Balaban J connectivity index is 1.97. The fourth-order valence-corrected chi connectivity index (χ4v) is 1.97. The Morgan fingerprint density at radius 2 is 1.96 bits per heavy atom. The van der Waals surface area contributed by atoms with Crippen LogP contribution in [0.25, 0.3) is 6.08 Å². The van der Waals surface area contributed by atoms with Crippen LogP contribution >= 0.6 is 0 Å². The van der Waals surface area contributed by atoms with Crippen molar-refractivity contribution in [1.82, 2.24) is 0 Å². The van der Waals surface area contributed by atoms with Gasteiger partial charge in [0.1, 0.15) is 23.9 Å². The molecule has 0 aromatic heterocycles. The molecule has 0 atom stereocenters. The number of esters is 1. The SMILES string of the molecule is COc1cccc(/C=C/C(=O)OCc2cc(F)ccc2OC)c1. The van der Waals surface area contributed by atoms with Gasteiger partial charge in [0.2, 0.25) is 0 Å². The number of carbonyl (C=O) groups is 1. The summed E-state index contributed by atoms with van der Waals surface area (Å²) >= 11 is 0. The van der Waals surface area contributed by atoms with Crippen molar-refractivity contribution in [2.75, 3.05) is 14.2 Å². The van der Waals surface area contributed by atoms with Crippen molar-refractivity contribution < 1.29 is 23.4 Å². The van der Waals surface area contributed by atoms with Crippen LogP contribution in [0.5, 0.6) is 11.5 Å². The van der Waals surface area contributed by atoms with Crippen molar-refractivity contribution in [3.63, 3.8) is 0 Å². The lowest BCUT2D eigenvalue weighted by Gasteiger charge is -2.08. The number of carbonyl (C=O) groups excluding carboxylic acids is 1. The van der Waals surface area contributed by atoms with Gasteiger partial charge in [0.15, 0.2) is 0 Å². The second-order valence-electron chi connectivity index (χ2n) is 4.67. The third-order valence-electron chi connectivity index (χ3n) is 3.12. The number of benzene rings is 2. The van der Waals surface area contributed by atoms with Gasteiger partial charge in [0.05, 0.1) is 14.2 Å². The molecule has 0 unspecified atom stereocenters. The van der Waals surface area contributed by atoms with Crippen LogP contribution < -0.4 is 9.47 Å². The number of methoxy groups -OCH3 is 2. The first kappa shape index (κ1) is 16.5. The number of hydrogen-bond acceptors (Lipinski definition) is 4. The molecular weight excluding hydrogens is 299 g/mol. The third-order valence-corrected chi connectivity index (χ3v) is 3.12. The lowest BCUT2D eigenvalue weighted by atomic mass is 10.2. The molecule has 0 radical (unpaired) electrons. The largest absolute Gasteiger partial charge is 0.497 e. The summed E-state index contributed by atoms with van der Waals surface area (Å²) in [6, 6.07) is 11.3. The summed E-state index contributed by atoms with van der Waals surface area (Å²) in [7, 11) is 3.05. The molecular formula is C18H17FO4. The molecule has 0 amide bonds. The van der Waals surface area contributed by atoms with Gasteiger partial charge in [-0.25, -0.2) is 9.18 Å². The topological polar surface area (TPSA) is 44.8 Å². The summed E-state index contributed by atoms with van der Waals surface area (Å²) in [6.45, 7) is -0.0672. The third kappa shape index (κ3) is 4.85. The van der Waals surface area contributed by atoms with Crippen molar-refractivity contribution in [3.8, 4) is 11.5 Å². The van der Waals surface area contributed by atoms with E-state index < -0.39 is 11.8 Å². The summed E-state index contributed by atoms with van der Waals surface area (Å²) in [4.78, 5) is 11.8. The fraction of sp³-hybridized carbons (Fsp3) is 0.167. The van der Waals surface area contributed by atoms with E-state index in [9.17, 15) is 9.18 Å². The summed E-state index contributed by atoms with van der Waals surface area (Å²) in [6.07, 6.45) is 2.92. The van der Waals surface area contributed by atoms with Crippen LogP contribution in [-0.2, 0) is 16.1 Å². The van der Waals surface area contributed by atoms with Gasteiger partial charge in [-0.1, -0.05) is 12.1 Å². The quantitative estimate of drug-likeness (QED) is 0.603. The average Bonchev–Trinajstić information content (AvgIpc) is 2.58. The minimum atomic E-state index is -0.529. The van der Waals surface area contributed by atoms with Gasteiger partial charge in [-0.05, 0) is 42.0 Å². The molecule has 0 bridgehead atoms. The normalized spacial score (nSPS) is 10.6. The Kier molecular flexibility index (Phi) is 5.74. The molecule has 120 valence electrons. The van der Waals surface area contributed by atoms with E-state index in [0.29, 0.717) is 17.1 Å². The first-order chi connectivity index (χ1) is 11.1. The smallest absolute Gasteiger partial charge is 0.331 e. The molecule has 5 heteroatoms. The monoisotopic (exact) mass is 316 g/mol. The molecule has 0 N–H and O–H groups in total. The minimum Gasteiger partial charge on any atom is -0.497 e. The van der Waals surface area contributed by atoms with Gasteiger partial charge in [-0.2, -0.15) is 0 Å². The van der Waals surface area contributed by atoms with Gasteiger partial charge in [0, 0.05) is 11.6 Å². The molecule has 0 spiro atoms.